The third kappa shape index (κ3) is 2.53. The van der Waals surface area contributed by atoms with Crippen LogP contribution < -0.4 is 0 Å². The Morgan fingerprint density at radius 3 is 2.40 bits per heavy atom. The molecule has 0 bridgehead atoms. The quantitative estimate of drug-likeness (QED) is 0.714. The van der Waals surface area contributed by atoms with Crippen LogP contribution in [0.5, 0.6) is 0 Å². The lowest BCUT2D eigenvalue weighted by Gasteiger charge is -1.98. The van der Waals surface area contributed by atoms with Crippen molar-refractivity contribution in [2.75, 3.05) is 0 Å². The van der Waals surface area contributed by atoms with E-state index >= 15 is 0 Å². The van der Waals surface area contributed by atoms with Crippen LogP contribution in [0.1, 0.15) is 16.7 Å². The zero-order valence-electron chi connectivity index (χ0n) is 8.72. The Bertz CT molecular complexity index is 458. The van der Waals surface area contributed by atoms with Gasteiger partial charge in [-0.2, -0.15) is 0 Å². The summed E-state index contributed by atoms with van der Waals surface area (Å²) in [5, 5.41) is 0. The van der Waals surface area contributed by atoms with Crippen molar-refractivity contribution in [2.45, 2.75) is 6.92 Å². The normalized spacial score (nSPS) is 10.7. The summed E-state index contributed by atoms with van der Waals surface area (Å²) in [6, 6.07) is 12.3. The van der Waals surface area contributed by atoms with Crippen molar-refractivity contribution in [3.8, 4) is 0 Å². The van der Waals surface area contributed by atoms with Gasteiger partial charge in [0.25, 0.3) is 0 Å². The fourth-order valence-corrected chi connectivity index (χ4v) is 1.43. The third-order valence-electron chi connectivity index (χ3n) is 2.35. The summed E-state index contributed by atoms with van der Waals surface area (Å²) >= 11 is 0. The maximum absolute atomic E-state index is 3.98. The van der Waals surface area contributed by atoms with Crippen molar-refractivity contribution in [2.24, 2.45) is 0 Å². The van der Waals surface area contributed by atoms with Gasteiger partial charge >= 0.3 is 0 Å². The molecule has 1 heteroatoms. The lowest BCUT2D eigenvalue weighted by atomic mass is 10.1. The summed E-state index contributed by atoms with van der Waals surface area (Å²) in [7, 11) is 0. The van der Waals surface area contributed by atoms with Gasteiger partial charge in [-0.1, -0.05) is 36.4 Å². The Morgan fingerprint density at radius 1 is 0.933 bits per heavy atom. The molecule has 2 rings (SSSR count). The van der Waals surface area contributed by atoms with Gasteiger partial charge in [0.15, 0.2) is 0 Å². The molecule has 1 aromatic carbocycles. The van der Waals surface area contributed by atoms with Crippen molar-refractivity contribution in [3.05, 3.63) is 65.5 Å². The average Bonchev–Trinajstić information content (AvgIpc) is 2.29. The average molecular weight is 195 g/mol. The van der Waals surface area contributed by atoms with Crippen LogP contribution in [-0.4, -0.2) is 4.98 Å². The number of nitrogens with zero attached hydrogens (tertiary/aromatic N) is 1. The van der Waals surface area contributed by atoms with Crippen LogP contribution in [0.25, 0.3) is 12.2 Å². The molecular formula is C14H13N. The summed E-state index contributed by atoms with van der Waals surface area (Å²) in [6.45, 7) is 2.12. The van der Waals surface area contributed by atoms with Crippen molar-refractivity contribution >= 4 is 12.2 Å². The lowest BCUT2D eigenvalue weighted by molar-refractivity contribution is 1.32. The molecule has 0 atom stereocenters. The largest absolute Gasteiger partial charge is 0.265 e. The van der Waals surface area contributed by atoms with Crippen molar-refractivity contribution in [1.82, 2.24) is 4.98 Å². The van der Waals surface area contributed by atoms with E-state index in [-0.39, 0.29) is 0 Å². The Balaban J connectivity index is 2.23. The first-order valence-corrected chi connectivity index (χ1v) is 5.00. The van der Waals surface area contributed by atoms with Gasteiger partial charge in [-0.05, 0) is 35.7 Å². The van der Waals surface area contributed by atoms with E-state index in [9.17, 15) is 0 Å². The van der Waals surface area contributed by atoms with Crippen molar-refractivity contribution < 1.29 is 0 Å². The minimum atomic E-state index is 1.17. The minimum absolute atomic E-state index is 1.17. The molecule has 0 unspecified atom stereocenters. The van der Waals surface area contributed by atoms with E-state index in [2.05, 4.69) is 48.3 Å². The van der Waals surface area contributed by atoms with Crippen LogP contribution in [0.4, 0.5) is 0 Å². The van der Waals surface area contributed by atoms with Crippen LogP contribution in [-0.2, 0) is 0 Å². The Morgan fingerprint density at radius 2 is 1.67 bits per heavy atom. The molecule has 0 saturated carbocycles. The second-order valence-corrected chi connectivity index (χ2v) is 3.47. The maximum Gasteiger partial charge on any atom is 0.0273 e. The summed E-state index contributed by atoms with van der Waals surface area (Å²) in [5.74, 6) is 0. The highest BCUT2D eigenvalue weighted by Crippen LogP contribution is 2.11. The smallest absolute Gasteiger partial charge is 0.0273 e. The molecule has 15 heavy (non-hydrogen) atoms. The van der Waals surface area contributed by atoms with Crippen molar-refractivity contribution in [1.29, 1.82) is 0 Å². The highest BCUT2D eigenvalue weighted by molar-refractivity contribution is 5.70. The van der Waals surface area contributed by atoms with Gasteiger partial charge in [0.05, 0.1) is 0 Å². The number of aromatic nitrogens is 1. The summed E-state index contributed by atoms with van der Waals surface area (Å²) in [6.07, 6.45) is 7.84. The van der Waals surface area contributed by atoms with Crippen LogP contribution in [0.15, 0.2) is 48.8 Å². The molecule has 0 fully saturated rings. The van der Waals surface area contributed by atoms with E-state index in [4.69, 9.17) is 0 Å². The molecule has 0 saturated heterocycles. The zero-order chi connectivity index (χ0) is 10.5. The highest BCUT2D eigenvalue weighted by atomic mass is 14.6. The predicted octanol–water partition coefficient (Wildman–Crippen LogP) is 3.56. The van der Waals surface area contributed by atoms with Gasteiger partial charge in [-0.3, -0.25) is 4.98 Å². The molecule has 74 valence electrons. The summed E-state index contributed by atoms with van der Waals surface area (Å²) in [4.78, 5) is 3.98. The van der Waals surface area contributed by atoms with Gasteiger partial charge in [-0.25, -0.2) is 0 Å². The number of benzene rings is 1. The molecular weight excluding hydrogens is 182 g/mol. The number of rotatable bonds is 2. The molecule has 2 aromatic rings. The molecule has 0 spiro atoms. The first-order chi connectivity index (χ1) is 7.36. The second-order valence-electron chi connectivity index (χ2n) is 3.47. The highest BCUT2D eigenvalue weighted by Gasteiger charge is 1.90. The summed E-state index contributed by atoms with van der Waals surface area (Å²) in [5.41, 5.74) is 3.73. The minimum Gasteiger partial charge on any atom is -0.265 e. The molecule has 0 amide bonds. The topological polar surface area (TPSA) is 12.9 Å². The van der Waals surface area contributed by atoms with E-state index in [1.165, 1.54) is 16.7 Å². The van der Waals surface area contributed by atoms with E-state index in [1.54, 1.807) is 12.4 Å². The molecule has 0 aliphatic heterocycles. The van der Waals surface area contributed by atoms with E-state index in [0.29, 0.717) is 0 Å². The van der Waals surface area contributed by atoms with E-state index in [1.807, 2.05) is 12.1 Å². The van der Waals surface area contributed by atoms with E-state index in [0.717, 1.165) is 0 Å². The zero-order valence-corrected chi connectivity index (χ0v) is 8.72. The van der Waals surface area contributed by atoms with Crippen LogP contribution in [0.2, 0.25) is 0 Å². The van der Waals surface area contributed by atoms with Gasteiger partial charge in [0.2, 0.25) is 0 Å². The molecule has 0 N–H and O–H groups in total. The monoisotopic (exact) mass is 195 g/mol. The second kappa shape index (κ2) is 4.56. The molecule has 1 aromatic heterocycles. The standard InChI is InChI=1S/C14H13N/c1-12-4-2-3-5-14(12)7-6-13-8-10-15-11-9-13/h2-11H,1H3/b7-6+. The van der Waals surface area contributed by atoms with Crippen LogP contribution >= 0.6 is 0 Å². The van der Waals surface area contributed by atoms with Gasteiger partial charge in [-0.15, -0.1) is 0 Å². The fraction of sp³-hybridized carbons (Fsp3) is 0.0714. The Kier molecular flexibility index (Phi) is 2.93. The van der Waals surface area contributed by atoms with Gasteiger partial charge < -0.3 is 0 Å². The fourth-order valence-electron chi connectivity index (χ4n) is 1.43. The number of aryl methyl sites for hydroxylation is 1. The lowest BCUT2D eigenvalue weighted by Crippen LogP contribution is -1.78. The van der Waals surface area contributed by atoms with Gasteiger partial charge in [0, 0.05) is 12.4 Å². The Labute approximate surface area is 90.1 Å². The molecule has 0 radical (unpaired) electrons. The molecule has 0 aliphatic rings. The predicted molar refractivity (Wildman–Crippen MR) is 64.3 cm³/mol. The third-order valence-corrected chi connectivity index (χ3v) is 2.35. The van der Waals surface area contributed by atoms with Crippen LogP contribution in [0.3, 0.4) is 0 Å². The number of hydrogen-bond donors (Lipinski definition) is 0. The molecule has 1 nitrogen and oxygen atoms in total. The van der Waals surface area contributed by atoms with E-state index < -0.39 is 0 Å². The number of hydrogen-bond acceptors (Lipinski definition) is 1. The van der Waals surface area contributed by atoms with Gasteiger partial charge in [0.1, 0.15) is 0 Å². The van der Waals surface area contributed by atoms with Crippen LogP contribution in [0, 0.1) is 6.92 Å². The summed E-state index contributed by atoms with van der Waals surface area (Å²) < 4.78 is 0. The molecule has 0 aliphatic carbocycles. The first kappa shape index (κ1) is 9.66. The van der Waals surface area contributed by atoms with Crippen molar-refractivity contribution in [3.63, 3.8) is 0 Å². The number of pyridine rings is 1. The first-order valence-electron chi connectivity index (χ1n) is 5.00. The SMILES string of the molecule is Cc1ccccc1/C=C/c1ccncc1. The Hall–Kier alpha value is -1.89. The maximum atomic E-state index is 3.98. The molecule has 1 heterocycles.